The lowest BCUT2D eigenvalue weighted by molar-refractivity contribution is -0.141. The zero-order chi connectivity index (χ0) is 16.2. The van der Waals surface area contributed by atoms with Crippen molar-refractivity contribution in [2.75, 3.05) is 5.32 Å². The molecule has 7 heteroatoms. The second kappa shape index (κ2) is 6.22. The van der Waals surface area contributed by atoms with Gasteiger partial charge in [-0.15, -0.1) is 0 Å². The number of anilines is 1. The van der Waals surface area contributed by atoms with Crippen LogP contribution in [-0.2, 0) is 4.79 Å². The molecule has 1 aromatic carbocycles. The second-order valence-corrected chi connectivity index (χ2v) is 5.54. The van der Waals surface area contributed by atoms with E-state index in [1.54, 1.807) is 26.8 Å². The zero-order valence-corrected chi connectivity index (χ0v) is 11.9. The van der Waals surface area contributed by atoms with Crippen LogP contribution in [0.2, 0.25) is 0 Å². The van der Waals surface area contributed by atoms with E-state index in [-0.39, 0.29) is 11.3 Å². The molecule has 2 amide bonds. The molecular formula is C14H16FN3O3. The van der Waals surface area contributed by atoms with Gasteiger partial charge in [-0.1, -0.05) is 20.8 Å². The van der Waals surface area contributed by atoms with Gasteiger partial charge in [0.15, 0.2) is 0 Å². The summed E-state index contributed by atoms with van der Waals surface area (Å²) in [5, 5.41) is 22.5. The number of urea groups is 1. The number of nitriles is 1. The Balaban J connectivity index is 2.82. The number of hydrogen-bond acceptors (Lipinski definition) is 3. The van der Waals surface area contributed by atoms with Gasteiger partial charge in [0, 0.05) is 5.69 Å². The Bertz CT molecular complexity index is 602. The maximum Gasteiger partial charge on any atom is 0.326 e. The van der Waals surface area contributed by atoms with Crippen LogP contribution < -0.4 is 10.6 Å². The predicted molar refractivity (Wildman–Crippen MR) is 74.1 cm³/mol. The molecule has 0 aliphatic carbocycles. The highest BCUT2D eigenvalue weighted by Crippen LogP contribution is 2.20. The van der Waals surface area contributed by atoms with Gasteiger partial charge in [0.05, 0.1) is 5.56 Å². The van der Waals surface area contributed by atoms with E-state index in [2.05, 4.69) is 10.6 Å². The number of carbonyl (C=O) groups is 2. The summed E-state index contributed by atoms with van der Waals surface area (Å²) in [6, 6.07) is 3.32. The molecule has 112 valence electrons. The summed E-state index contributed by atoms with van der Waals surface area (Å²) in [5.74, 6) is -1.85. The molecule has 0 radical (unpaired) electrons. The van der Waals surface area contributed by atoms with Gasteiger partial charge in [-0.2, -0.15) is 5.26 Å². The SMILES string of the molecule is CC(C)(C)[C@H](NC(=O)Nc1ccc(F)c(C#N)c1)C(=O)O. The number of aliphatic carboxylic acids is 1. The molecule has 6 nitrogen and oxygen atoms in total. The maximum absolute atomic E-state index is 13.2. The predicted octanol–water partition coefficient (Wildman–Crippen LogP) is 2.32. The fraction of sp³-hybridized carbons (Fsp3) is 0.357. The van der Waals surface area contributed by atoms with Crippen molar-refractivity contribution in [3.05, 3.63) is 29.6 Å². The lowest BCUT2D eigenvalue weighted by Crippen LogP contribution is -2.50. The lowest BCUT2D eigenvalue weighted by atomic mass is 9.87. The number of hydrogen-bond donors (Lipinski definition) is 3. The fourth-order valence-electron chi connectivity index (χ4n) is 1.64. The highest BCUT2D eigenvalue weighted by Gasteiger charge is 2.32. The van der Waals surface area contributed by atoms with Gasteiger partial charge in [-0.3, -0.25) is 0 Å². The molecule has 0 unspecified atom stereocenters. The van der Waals surface area contributed by atoms with Gasteiger partial charge in [-0.25, -0.2) is 14.0 Å². The second-order valence-electron chi connectivity index (χ2n) is 5.54. The summed E-state index contributed by atoms with van der Waals surface area (Å²) in [4.78, 5) is 22.9. The average molecular weight is 293 g/mol. The first-order chi connectivity index (χ1) is 9.65. The summed E-state index contributed by atoms with van der Waals surface area (Å²) in [7, 11) is 0. The van der Waals surface area contributed by atoms with Crippen LogP contribution in [0.15, 0.2) is 18.2 Å². The van der Waals surface area contributed by atoms with Crippen LogP contribution in [0.5, 0.6) is 0 Å². The van der Waals surface area contributed by atoms with Gasteiger partial charge >= 0.3 is 12.0 Å². The van der Waals surface area contributed by atoms with Crippen molar-refractivity contribution >= 4 is 17.7 Å². The topological polar surface area (TPSA) is 102 Å². The number of benzene rings is 1. The molecule has 3 N–H and O–H groups in total. The van der Waals surface area contributed by atoms with E-state index >= 15 is 0 Å². The van der Waals surface area contributed by atoms with E-state index in [0.29, 0.717) is 0 Å². The van der Waals surface area contributed by atoms with E-state index < -0.39 is 29.3 Å². The normalized spacial score (nSPS) is 12.1. The Morgan fingerprint density at radius 1 is 1.38 bits per heavy atom. The van der Waals surface area contributed by atoms with Crippen LogP contribution in [0.1, 0.15) is 26.3 Å². The largest absolute Gasteiger partial charge is 0.480 e. The first kappa shape index (κ1) is 16.4. The van der Waals surface area contributed by atoms with Gasteiger partial charge in [-0.05, 0) is 23.6 Å². The molecule has 0 saturated carbocycles. The molecule has 0 fully saturated rings. The van der Waals surface area contributed by atoms with Crippen LogP contribution in [-0.4, -0.2) is 23.1 Å². The van der Waals surface area contributed by atoms with Crippen molar-refractivity contribution in [1.82, 2.24) is 5.32 Å². The van der Waals surface area contributed by atoms with Crippen molar-refractivity contribution in [2.45, 2.75) is 26.8 Å². The van der Waals surface area contributed by atoms with Crippen LogP contribution in [0, 0.1) is 22.6 Å². The number of amides is 2. The number of rotatable bonds is 3. The molecule has 0 bridgehead atoms. The third-order valence-electron chi connectivity index (χ3n) is 2.73. The molecule has 0 aliphatic rings. The monoisotopic (exact) mass is 293 g/mol. The van der Waals surface area contributed by atoms with Crippen LogP contribution >= 0.6 is 0 Å². The molecule has 1 atom stereocenters. The van der Waals surface area contributed by atoms with Crippen molar-refractivity contribution in [1.29, 1.82) is 5.26 Å². The zero-order valence-electron chi connectivity index (χ0n) is 11.9. The van der Waals surface area contributed by atoms with Gasteiger partial charge in [0.2, 0.25) is 0 Å². The van der Waals surface area contributed by atoms with Gasteiger partial charge in [0.25, 0.3) is 0 Å². The summed E-state index contributed by atoms with van der Waals surface area (Å²) in [5.41, 5.74) is -0.689. The number of halogens is 1. The molecule has 0 heterocycles. The highest BCUT2D eigenvalue weighted by molar-refractivity contribution is 5.92. The summed E-state index contributed by atoms with van der Waals surface area (Å²) >= 11 is 0. The highest BCUT2D eigenvalue weighted by atomic mass is 19.1. The number of carbonyl (C=O) groups excluding carboxylic acids is 1. The first-order valence-electron chi connectivity index (χ1n) is 6.15. The van der Waals surface area contributed by atoms with Crippen molar-refractivity contribution in [2.24, 2.45) is 5.41 Å². The number of carboxylic acids is 1. The molecule has 0 saturated heterocycles. The molecule has 21 heavy (non-hydrogen) atoms. The third kappa shape index (κ3) is 4.45. The summed E-state index contributed by atoms with van der Waals surface area (Å²) in [6.07, 6.45) is 0. The van der Waals surface area contributed by atoms with E-state index in [4.69, 9.17) is 10.4 Å². The minimum absolute atomic E-state index is 0.198. The molecule has 0 spiro atoms. The standard InChI is InChI=1S/C14H16FN3O3/c1-14(2,3)11(12(19)20)18-13(21)17-9-4-5-10(15)8(6-9)7-16/h4-6,11H,1-3H3,(H,19,20)(H2,17,18,21)/t11-/m1/s1. The minimum atomic E-state index is -1.16. The van der Waals surface area contributed by atoms with E-state index in [1.165, 1.54) is 12.1 Å². The molecule has 0 aromatic heterocycles. The first-order valence-corrected chi connectivity index (χ1v) is 6.15. The van der Waals surface area contributed by atoms with E-state index in [0.717, 1.165) is 6.07 Å². The van der Waals surface area contributed by atoms with E-state index in [1.807, 2.05) is 0 Å². The van der Waals surface area contributed by atoms with Crippen molar-refractivity contribution in [3.8, 4) is 6.07 Å². The smallest absolute Gasteiger partial charge is 0.326 e. The number of nitrogens with zero attached hydrogens (tertiary/aromatic N) is 1. The van der Waals surface area contributed by atoms with Gasteiger partial charge in [0.1, 0.15) is 17.9 Å². The minimum Gasteiger partial charge on any atom is -0.480 e. The lowest BCUT2D eigenvalue weighted by Gasteiger charge is -2.27. The Morgan fingerprint density at radius 2 is 2.00 bits per heavy atom. The molecule has 1 aromatic rings. The molecular weight excluding hydrogens is 277 g/mol. The molecule has 0 aliphatic heterocycles. The summed E-state index contributed by atoms with van der Waals surface area (Å²) in [6.45, 7) is 5.03. The van der Waals surface area contributed by atoms with E-state index in [9.17, 15) is 14.0 Å². The Kier molecular flexibility index (Phi) is 4.87. The average Bonchev–Trinajstić information content (AvgIpc) is 2.36. The Labute approximate surface area is 121 Å². The maximum atomic E-state index is 13.2. The molecule has 1 rings (SSSR count). The van der Waals surface area contributed by atoms with Crippen molar-refractivity contribution in [3.63, 3.8) is 0 Å². The quantitative estimate of drug-likeness (QED) is 0.795. The fourth-order valence-corrected chi connectivity index (χ4v) is 1.64. The van der Waals surface area contributed by atoms with Crippen LogP contribution in [0.4, 0.5) is 14.9 Å². The Morgan fingerprint density at radius 3 is 2.48 bits per heavy atom. The van der Waals surface area contributed by atoms with Gasteiger partial charge < -0.3 is 15.7 Å². The van der Waals surface area contributed by atoms with Crippen LogP contribution in [0.25, 0.3) is 0 Å². The van der Waals surface area contributed by atoms with Crippen molar-refractivity contribution < 1.29 is 19.1 Å². The number of nitrogens with one attached hydrogen (secondary N) is 2. The third-order valence-corrected chi connectivity index (χ3v) is 2.73. The van der Waals surface area contributed by atoms with Crippen LogP contribution in [0.3, 0.4) is 0 Å². The summed E-state index contributed by atoms with van der Waals surface area (Å²) < 4.78 is 13.2. The Hall–Kier alpha value is -2.62. The number of carboxylic acid groups (broad SMARTS) is 1.